The van der Waals surface area contributed by atoms with Crippen LogP contribution in [0.3, 0.4) is 0 Å². The van der Waals surface area contributed by atoms with E-state index in [0.717, 1.165) is 5.69 Å². The van der Waals surface area contributed by atoms with E-state index in [9.17, 15) is 4.79 Å². The Morgan fingerprint density at radius 1 is 1.38 bits per heavy atom. The van der Waals surface area contributed by atoms with E-state index >= 15 is 0 Å². The zero-order valence-electron chi connectivity index (χ0n) is 13.8. The first-order valence-corrected chi connectivity index (χ1v) is 10.0. The SMILES string of the molecule is Cc1csc(Oc2ccc(C(=O)N[C@@H]3C4CCN(CC4)[C@H]3C)s2)n1. The van der Waals surface area contributed by atoms with Crippen LogP contribution >= 0.6 is 22.7 Å². The van der Waals surface area contributed by atoms with Crippen molar-refractivity contribution in [3.63, 3.8) is 0 Å². The lowest BCUT2D eigenvalue weighted by molar-refractivity contribution is 0.0218. The monoisotopic (exact) mass is 363 g/mol. The molecule has 128 valence electrons. The molecule has 24 heavy (non-hydrogen) atoms. The minimum atomic E-state index is 0.00997. The number of carbonyl (C=O) groups excluding carboxylic acids is 1. The average Bonchev–Trinajstić information content (AvgIpc) is 3.21. The second kappa shape index (κ2) is 6.46. The molecule has 3 aliphatic heterocycles. The number of amides is 1. The van der Waals surface area contributed by atoms with Gasteiger partial charge in [0.05, 0.1) is 10.6 Å². The predicted octanol–water partition coefficient (Wildman–Crippen LogP) is 3.52. The van der Waals surface area contributed by atoms with E-state index in [1.54, 1.807) is 0 Å². The molecular formula is C17H21N3O2S2. The number of fused-ring (bicyclic) bond motifs is 3. The number of thiophene rings is 1. The summed E-state index contributed by atoms with van der Waals surface area (Å²) in [6, 6.07) is 4.36. The van der Waals surface area contributed by atoms with Crippen LogP contribution in [0, 0.1) is 12.8 Å². The second-order valence-electron chi connectivity index (χ2n) is 6.59. The number of piperidine rings is 3. The van der Waals surface area contributed by atoms with Crippen LogP contribution in [0.5, 0.6) is 10.3 Å². The van der Waals surface area contributed by atoms with Crippen LogP contribution in [0.25, 0.3) is 0 Å². The molecule has 3 saturated heterocycles. The summed E-state index contributed by atoms with van der Waals surface area (Å²) in [6.45, 7) is 6.50. The Morgan fingerprint density at radius 2 is 2.17 bits per heavy atom. The summed E-state index contributed by atoms with van der Waals surface area (Å²) >= 11 is 2.84. The van der Waals surface area contributed by atoms with Crippen molar-refractivity contribution in [1.29, 1.82) is 0 Å². The van der Waals surface area contributed by atoms with E-state index in [0.29, 0.717) is 27.1 Å². The first-order valence-electron chi connectivity index (χ1n) is 8.35. The summed E-state index contributed by atoms with van der Waals surface area (Å²) in [6.07, 6.45) is 2.38. The number of nitrogens with zero attached hydrogens (tertiary/aromatic N) is 2. The number of hydrogen-bond donors (Lipinski definition) is 1. The molecule has 5 heterocycles. The maximum atomic E-state index is 12.6. The summed E-state index contributed by atoms with van der Waals surface area (Å²) in [4.78, 5) is 20.1. The van der Waals surface area contributed by atoms with Crippen molar-refractivity contribution in [2.45, 2.75) is 38.8 Å². The molecule has 0 aliphatic carbocycles. The molecule has 1 amide bonds. The van der Waals surface area contributed by atoms with Gasteiger partial charge in [0, 0.05) is 17.5 Å². The van der Waals surface area contributed by atoms with Gasteiger partial charge in [0.15, 0.2) is 5.06 Å². The summed E-state index contributed by atoms with van der Waals surface area (Å²) in [7, 11) is 0. The van der Waals surface area contributed by atoms with Gasteiger partial charge in [-0.2, -0.15) is 0 Å². The number of hydrogen-bond acceptors (Lipinski definition) is 6. The fourth-order valence-corrected chi connectivity index (χ4v) is 5.20. The van der Waals surface area contributed by atoms with Gasteiger partial charge >= 0.3 is 0 Å². The van der Waals surface area contributed by atoms with Crippen LogP contribution in [0.2, 0.25) is 0 Å². The van der Waals surface area contributed by atoms with Gasteiger partial charge in [-0.15, -0.1) is 0 Å². The smallest absolute Gasteiger partial charge is 0.279 e. The molecule has 5 nitrogen and oxygen atoms in total. The molecule has 7 heteroatoms. The molecule has 2 aromatic heterocycles. The Bertz CT molecular complexity index is 732. The first kappa shape index (κ1) is 16.1. The average molecular weight is 364 g/mol. The number of nitrogens with one attached hydrogen (secondary N) is 1. The van der Waals surface area contributed by atoms with Gasteiger partial charge in [0.1, 0.15) is 0 Å². The number of thiazole rings is 1. The quantitative estimate of drug-likeness (QED) is 0.903. The van der Waals surface area contributed by atoms with Gasteiger partial charge in [0.25, 0.3) is 11.1 Å². The standard InChI is InChI=1S/C17H21N3O2S2/c1-10-9-23-17(18-10)22-14-4-3-13(24-14)16(21)19-15-11(2)20-7-5-12(15)6-8-20/h3-4,9,11-12,15H,5-8H2,1-2H3,(H,19,21)/t11-,15-/m0/s1. The number of aromatic nitrogens is 1. The Kier molecular flexibility index (Phi) is 4.32. The lowest BCUT2D eigenvalue weighted by atomic mass is 9.79. The minimum absolute atomic E-state index is 0.00997. The number of aryl methyl sites for hydroxylation is 1. The molecule has 3 aliphatic rings. The Morgan fingerprint density at radius 3 is 2.83 bits per heavy atom. The first-order chi connectivity index (χ1) is 11.6. The van der Waals surface area contributed by atoms with Gasteiger partial charge in [-0.05, 0) is 57.8 Å². The highest BCUT2D eigenvalue weighted by molar-refractivity contribution is 7.16. The molecule has 0 aromatic carbocycles. The molecular weight excluding hydrogens is 342 g/mol. The van der Waals surface area contributed by atoms with E-state index < -0.39 is 0 Å². The number of ether oxygens (including phenoxy) is 1. The summed E-state index contributed by atoms with van der Waals surface area (Å²) < 4.78 is 5.73. The van der Waals surface area contributed by atoms with E-state index in [4.69, 9.17) is 4.74 Å². The maximum absolute atomic E-state index is 12.6. The third-order valence-electron chi connectivity index (χ3n) is 5.07. The molecule has 2 aromatic rings. The van der Waals surface area contributed by atoms with Gasteiger partial charge < -0.3 is 10.1 Å². The molecule has 2 bridgehead atoms. The molecule has 3 fully saturated rings. The highest BCUT2D eigenvalue weighted by Gasteiger charge is 2.40. The molecule has 0 saturated carbocycles. The number of carbonyl (C=O) groups is 1. The predicted molar refractivity (Wildman–Crippen MR) is 96.3 cm³/mol. The topological polar surface area (TPSA) is 54.5 Å². The van der Waals surface area contributed by atoms with Crippen molar-refractivity contribution >= 4 is 28.6 Å². The second-order valence-corrected chi connectivity index (χ2v) is 8.46. The fourth-order valence-electron chi connectivity index (χ4n) is 3.73. The zero-order chi connectivity index (χ0) is 16.7. The van der Waals surface area contributed by atoms with Crippen molar-refractivity contribution in [3.8, 4) is 10.3 Å². The minimum Gasteiger partial charge on any atom is -0.420 e. The van der Waals surface area contributed by atoms with Gasteiger partial charge in [-0.25, -0.2) is 4.98 Å². The highest BCUT2D eigenvalue weighted by atomic mass is 32.1. The van der Waals surface area contributed by atoms with E-state index in [-0.39, 0.29) is 11.9 Å². The molecule has 0 unspecified atom stereocenters. The Labute approximate surface area is 149 Å². The zero-order valence-corrected chi connectivity index (χ0v) is 15.5. The molecule has 1 N–H and O–H groups in total. The lowest BCUT2D eigenvalue weighted by Crippen LogP contribution is -2.62. The summed E-state index contributed by atoms with van der Waals surface area (Å²) in [5.74, 6) is 0.624. The van der Waals surface area contributed by atoms with E-state index in [1.807, 2.05) is 24.4 Å². The Balaban J connectivity index is 1.41. The van der Waals surface area contributed by atoms with Crippen LogP contribution < -0.4 is 10.1 Å². The molecule has 2 atom stereocenters. The maximum Gasteiger partial charge on any atom is 0.279 e. The highest BCUT2D eigenvalue weighted by Crippen LogP contribution is 2.34. The van der Waals surface area contributed by atoms with Gasteiger partial charge in [0.2, 0.25) is 0 Å². The van der Waals surface area contributed by atoms with Gasteiger partial charge in [-0.1, -0.05) is 22.7 Å². The number of rotatable bonds is 4. The lowest BCUT2D eigenvalue weighted by Gasteiger charge is -2.49. The third-order valence-corrected chi connectivity index (χ3v) is 6.86. The Hall–Kier alpha value is -1.44. The normalized spacial score (nSPS) is 28.8. The van der Waals surface area contributed by atoms with Crippen LogP contribution in [0.15, 0.2) is 17.5 Å². The van der Waals surface area contributed by atoms with Crippen molar-refractivity contribution in [1.82, 2.24) is 15.2 Å². The van der Waals surface area contributed by atoms with Crippen molar-refractivity contribution in [2.75, 3.05) is 13.1 Å². The largest absolute Gasteiger partial charge is 0.420 e. The molecule has 5 rings (SSSR count). The van der Waals surface area contributed by atoms with Crippen LogP contribution in [0.1, 0.15) is 35.1 Å². The van der Waals surface area contributed by atoms with Crippen molar-refractivity contribution < 1.29 is 9.53 Å². The molecule has 0 radical (unpaired) electrons. The van der Waals surface area contributed by atoms with Crippen LogP contribution in [0.4, 0.5) is 0 Å². The van der Waals surface area contributed by atoms with Crippen molar-refractivity contribution in [3.05, 3.63) is 28.1 Å². The van der Waals surface area contributed by atoms with E-state index in [1.165, 1.54) is 48.6 Å². The van der Waals surface area contributed by atoms with Gasteiger partial charge in [-0.3, -0.25) is 9.69 Å². The summed E-state index contributed by atoms with van der Waals surface area (Å²) in [5.41, 5.74) is 0.945. The van der Waals surface area contributed by atoms with Crippen molar-refractivity contribution in [2.24, 2.45) is 5.92 Å². The fraction of sp³-hybridized carbons (Fsp3) is 0.529. The van der Waals surface area contributed by atoms with E-state index in [2.05, 4.69) is 22.1 Å². The van der Waals surface area contributed by atoms with Crippen LogP contribution in [-0.2, 0) is 0 Å². The molecule has 0 spiro atoms. The third kappa shape index (κ3) is 3.08. The summed E-state index contributed by atoms with van der Waals surface area (Å²) in [5, 5.41) is 6.53. The van der Waals surface area contributed by atoms with Crippen LogP contribution in [-0.4, -0.2) is 41.0 Å².